The number of aromatic carboxylic acids is 1. The van der Waals surface area contributed by atoms with Gasteiger partial charge >= 0.3 is 5.97 Å². The molecule has 1 fully saturated rings. The van der Waals surface area contributed by atoms with Gasteiger partial charge in [-0.05, 0) is 58.2 Å². The van der Waals surface area contributed by atoms with Gasteiger partial charge in [0, 0.05) is 29.8 Å². The summed E-state index contributed by atoms with van der Waals surface area (Å²) in [7, 11) is -4.01. The molecular formula is C23H32N4O6S. The summed E-state index contributed by atoms with van der Waals surface area (Å²) in [6, 6.07) is 4.08. The average Bonchev–Trinajstić information content (AvgIpc) is 3.43. The Labute approximate surface area is 199 Å². The lowest BCUT2D eigenvalue weighted by atomic mass is 10.1. The summed E-state index contributed by atoms with van der Waals surface area (Å²) in [6.45, 7) is 7.26. The molecule has 1 unspecified atom stereocenters. The third-order valence-corrected chi connectivity index (χ3v) is 7.65. The molecule has 10 nitrogen and oxygen atoms in total. The number of amides is 1. The number of benzene rings is 1. The van der Waals surface area contributed by atoms with Crippen LogP contribution >= 0.6 is 0 Å². The van der Waals surface area contributed by atoms with Crippen LogP contribution in [0.5, 0.6) is 11.6 Å². The van der Waals surface area contributed by atoms with E-state index in [1.54, 1.807) is 26.8 Å². The van der Waals surface area contributed by atoms with E-state index in [1.165, 1.54) is 16.8 Å². The van der Waals surface area contributed by atoms with Gasteiger partial charge in [-0.3, -0.25) is 4.79 Å². The first-order valence-corrected chi connectivity index (χ1v) is 13.0. The van der Waals surface area contributed by atoms with Gasteiger partial charge in [-0.25, -0.2) is 22.6 Å². The maximum absolute atomic E-state index is 13.2. The van der Waals surface area contributed by atoms with Crippen molar-refractivity contribution in [2.75, 3.05) is 5.32 Å². The second-order valence-electron chi connectivity index (χ2n) is 8.56. The lowest BCUT2D eigenvalue weighted by Gasteiger charge is -2.18. The fourth-order valence-corrected chi connectivity index (χ4v) is 5.39. The molecule has 0 spiro atoms. The van der Waals surface area contributed by atoms with Crippen LogP contribution in [0.2, 0.25) is 0 Å². The van der Waals surface area contributed by atoms with E-state index >= 15 is 0 Å². The molecule has 1 aromatic heterocycles. The fourth-order valence-electron chi connectivity index (χ4n) is 3.91. The van der Waals surface area contributed by atoms with Crippen molar-refractivity contribution in [1.82, 2.24) is 14.5 Å². The Kier molecular flexibility index (Phi) is 7.98. The molecule has 0 aliphatic heterocycles. The van der Waals surface area contributed by atoms with Crippen LogP contribution in [0.1, 0.15) is 68.9 Å². The van der Waals surface area contributed by atoms with Crippen molar-refractivity contribution in [2.45, 2.75) is 77.3 Å². The molecule has 1 atom stereocenters. The molecule has 0 saturated heterocycles. The van der Waals surface area contributed by atoms with Crippen molar-refractivity contribution in [2.24, 2.45) is 5.92 Å². The quantitative estimate of drug-likeness (QED) is 0.457. The number of sulfonamides is 1. The highest BCUT2D eigenvalue weighted by atomic mass is 32.2. The van der Waals surface area contributed by atoms with Crippen molar-refractivity contribution >= 4 is 27.6 Å². The van der Waals surface area contributed by atoms with Crippen LogP contribution < -0.4 is 14.8 Å². The first-order valence-electron chi connectivity index (χ1n) is 11.5. The number of hydrogen-bond acceptors (Lipinski definition) is 6. The van der Waals surface area contributed by atoms with Gasteiger partial charge in [-0.2, -0.15) is 5.10 Å². The number of ether oxygens (including phenoxy) is 1. The van der Waals surface area contributed by atoms with E-state index in [-0.39, 0.29) is 45.6 Å². The first-order chi connectivity index (χ1) is 16.1. The Balaban J connectivity index is 2.02. The van der Waals surface area contributed by atoms with Gasteiger partial charge in [0.25, 0.3) is 0 Å². The molecule has 1 aromatic carbocycles. The predicted molar refractivity (Wildman–Crippen MR) is 127 cm³/mol. The lowest BCUT2D eigenvalue weighted by molar-refractivity contribution is -0.119. The molecular weight excluding hydrogens is 460 g/mol. The van der Waals surface area contributed by atoms with Gasteiger partial charge in [-0.1, -0.05) is 19.8 Å². The normalized spacial score (nSPS) is 15.3. The van der Waals surface area contributed by atoms with Crippen LogP contribution in [0, 0.1) is 12.8 Å². The number of anilines is 1. The summed E-state index contributed by atoms with van der Waals surface area (Å²) in [5.41, 5.74) is 0.464. The van der Waals surface area contributed by atoms with E-state index in [9.17, 15) is 23.1 Å². The summed E-state index contributed by atoms with van der Waals surface area (Å²) in [6.07, 6.45) is 4.23. The monoisotopic (exact) mass is 492 g/mol. The zero-order valence-corrected chi connectivity index (χ0v) is 20.7. The molecule has 186 valence electrons. The number of nitrogens with one attached hydrogen (secondary N) is 2. The third-order valence-electron chi connectivity index (χ3n) is 6.04. The zero-order valence-electron chi connectivity index (χ0n) is 19.9. The minimum atomic E-state index is -4.01. The van der Waals surface area contributed by atoms with E-state index in [0.29, 0.717) is 18.7 Å². The van der Waals surface area contributed by atoms with Crippen LogP contribution in [-0.4, -0.2) is 41.2 Å². The molecule has 1 saturated carbocycles. The third kappa shape index (κ3) is 5.58. The minimum Gasteiger partial charge on any atom is -0.476 e. The van der Waals surface area contributed by atoms with E-state index < -0.39 is 16.0 Å². The lowest BCUT2D eigenvalue weighted by Crippen LogP contribution is -2.32. The van der Waals surface area contributed by atoms with Crippen molar-refractivity contribution < 1.29 is 27.9 Å². The number of nitrogens with zero attached hydrogens (tertiary/aromatic N) is 2. The molecule has 1 heterocycles. The van der Waals surface area contributed by atoms with Crippen molar-refractivity contribution in [1.29, 1.82) is 0 Å². The molecule has 11 heteroatoms. The van der Waals surface area contributed by atoms with Crippen molar-refractivity contribution in [3.63, 3.8) is 0 Å². The van der Waals surface area contributed by atoms with E-state index in [1.807, 2.05) is 6.92 Å². The standard InChI is InChI=1S/C23H32N4O6S/c1-5-14(3)26-34(31,32)19-13-17(24-21(28)16-9-7-8-10-16)11-12-18(19)33-22-15(4)20(23(29)30)25-27(22)6-2/h11-14,16,26H,5-10H2,1-4H3,(H,24,28)(H,29,30). The number of aromatic nitrogens is 2. The minimum absolute atomic E-state index is 0.00399. The fraction of sp³-hybridized carbons (Fsp3) is 0.522. The summed E-state index contributed by atoms with van der Waals surface area (Å²) in [5.74, 6) is -1.27. The van der Waals surface area contributed by atoms with Gasteiger partial charge in [0.2, 0.25) is 21.8 Å². The number of hydrogen-bond donors (Lipinski definition) is 3. The van der Waals surface area contributed by atoms with Crippen LogP contribution in [0.3, 0.4) is 0 Å². The molecule has 1 aliphatic rings. The number of rotatable bonds is 10. The van der Waals surface area contributed by atoms with Gasteiger partial charge in [0.15, 0.2) is 5.69 Å². The number of carbonyl (C=O) groups excluding carboxylic acids is 1. The largest absolute Gasteiger partial charge is 0.476 e. The number of aryl methyl sites for hydroxylation is 1. The summed E-state index contributed by atoms with van der Waals surface area (Å²) >= 11 is 0. The molecule has 34 heavy (non-hydrogen) atoms. The van der Waals surface area contributed by atoms with E-state index in [0.717, 1.165) is 25.7 Å². The zero-order chi connectivity index (χ0) is 25.0. The second kappa shape index (κ2) is 10.6. The van der Waals surface area contributed by atoms with E-state index in [4.69, 9.17) is 4.74 Å². The van der Waals surface area contributed by atoms with Crippen LogP contribution in [-0.2, 0) is 21.4 Å². The van der Waals surface area contributed by atoms with Crippen LogP contribution in [0.4, 0.5) is 5.69 Å². The van der Waals surface area contributed by atoms with Gasteiger partial charge in [0.05, 0.1) is 0 Å². The summed E-state index contributed by atoms with van der Waals surface area (Å²) in [5, 5.41) is 16.3. The van der Waals surface area contributed by atoms with Crippen molar-refractivity contribution in [3.8, 4) is 11.6 Å². The van der Waals surface area contributed by atoms with Crippen LogP contribution in [0.25, 0.3) is 0 Å². The highest BCUT2D eigenvalue weighted by Gasteiger charge is 2.27. The summed E-state index contributed by atoms with van der Waals surface area (Å²) in [4.78, 5) is 24.0. The Bertz CT molecular complexity index is 1170. The van der Waals surface area contributed by atoms with Gasteiger partial charge < -0.3 is 15.2 Å². The van der Waals surface area contributed by atoms with Gasteiger partial charge in [0.1, 0.15) is 10.6 Å². The SMILES string of the molecule is CCC(C)NS(=O)(=O)c1cc(NC(=O)C2CCCC2)ccc1Oc1c(C)c(C(=O)O)nn1CC. The smallest absolute Gasteiger partial charge is 0.356 e. The molecule has 2 aromatic rings. The highest BCUT2D eigenvalue weighted by Crippen LogP contribution is 2.35. The number of carboxylic acids is 1. The van der Waals surface area contributed by atoms with Crippen molar-refractivity contribution in [3.05, 3.63) is 29.5 Å². The Hall–Kier alpha value is -2.92. The van der Waals surface area contributed by atoms with E-state index in [2.05, 4.69) is 15.1 Å². The maximum Gasteiger partial charge on any atom is 0.356 e. The van der Waals surface area contributed by atoms with Gasteiger partial charge in [-0.15, -0.1) is 0 Å². The first kappa shape index (κ1) is 25.7. The molecule has 3 rings (SSSR count). The second-order valence-corrected chi connectivity index (χ2v) is 10.2. The molecule has 0 bridgehead atoms. The predicted octanol–water partition coefficient (Wildman–Crippen LogP) is 3.91. The molecule has 3 N–H and O–H groups in total. The Morgan fingerprint density at radius 2 is 1.94 bits per heavy atom. The topological polar surface area (TPSA) is 140 Å². The summed E-state index contributed by atoms with van der Waals surface area (Å²) < 4.78 is 36.4. The number of carboxylic acid groups (broad SMARTS) is 1. The van der Waals surface area contributed by atoms with Crippen LogP contribution in [0.15, 0.2) is 23.1 Å². The Morgan fingerprint density at radius 3 is 2.53 bits per heavy atom. The average molecular weight is 493 g/mol. The maximum atomic E-state index is 13.2. The molecule has 1 amide bonds. The Morgan fingerprint density at radius 1 is 1.26 bits per heavy atom. The molecule has 0 radical (unpaired) electrons. The molecule has 1 aliphatic carbocycles. The highest BCUT2D eigenvalue weighted by molar-refractivity contribution is 7.89. The number of carbonyl (C=O) groups is 2.